The first kappa shape index (κ1) is 20.6. The first-order chi connectivity index (χ1) is 13.1. The molecule has 4 atom stereocenters. The minimum Gasteiger partial charge on any atom is -0.508 e. The Balaban J connectivity index is 2.10. The van der Waals surface area contributed by atoms with E-state index in [1.54, 1.807) is 12.1 Å². The molecule has 1 aliphatic heterocycles. The van der Waals surface area contributed by atoms with Crippen molar-refractivity contribution >= 4 is 11.9 Å². The molecular formula is C21H31N3O4. The number of hydrogen-bond donors (Lipinski definition) is 4. The van der Waals surface area contributed by atoms with Gasteiger partial charge in [-0.1, -0.05) is 13.0 Å². The van der Waals surface area contributed by atoms with Gasteiger partial charge < -0.3 is 15.9 Å². The molecule has 1 aliphatic carbocycles. The van der Waals surface area contributed by atoms with Crippen LogP contribution in [-0.4, -0.2) is 51.8 Å². The van der Waals surface area contributed by atoms with Gasteiger partial charge in [0.05, 0.1) is 5.60 Å². The van der Waals surface area contributed by atoms with Crippen molar-refractivity contribution in [1.29, 1.82) is 0 Å². The molecule has 0 bridgehead atoms. The number of rotatable bonds is 3. The number of imide groups is 1. The maximum atomic E-state index is 12.6. The highest BCUT2D eigenvalue weighted by Gasteiger charge is 2.61. The minimum atomic E-state index is -1.04. The normalized spacial score (nSPS) is 33.1. The lowest BCUT2D eigenvalue weighted by Crippen LogP contribution is -2.70. The SMILES string of the molecule is CCN1CCC2(c3cc(O)ccc3C)CC(C(=O)NC(N)=O)CCC2(O)C1C. The third-order valence-corrected chi connectivity index (χ3v) is 7.12. The average Bonchev–Trinajstić information content (AvgIpc) is 2.64. The van der Waals surface area contributed by atoms with Crippen LogP contribution in [0.1, 0.15) is 50.7 Å². The average molecular weight is 389 g/mol. The summed E-state index contributed by atoms with van der Waals surface area (Å²) in [4.78, 5) is 26.0. The van der Waals surface area contributed by atoms with E-state index in [-0.39, 0.29) is 11.8 Å². The van der Waals surface area contributed by atoms with Crippen molar-refractivity contribution in [2.45, 2.75) is 63.5 Å². The number of primary amides is 1. The Hall–Kier alpha value is -2.12. The van der Waals surface area contributed by atoms with Crippen molar-refractivity contribution in [3.8, 4) is 5.75 Å². The van der Waals surface area contributed by atoms with Crippen molar-refractivity contribution in [1.82, 2.24) is 10.2 Å². The fourth-order valence-electron chi connectivity index (χ4n) is 5.57. The second kappa shape index (κ2) is 7.37. The van der Waals surface area contributed by atoms with E-state index in [4.69, 9.17) is 5.73 Å². The predicted octanol–water partition coefficient (Wildman–Crippen LogP) is 1.78. The largest absolute Gasteiger partial charge is 0.508 e. The van der Waals surface area contributed by atoms with Crippen LogP contribution in [0.15, 0.2) is 18.2 Å². The van der Waals surface area contributed by atoms with Crippen LogP contribution in [0.5, 0.6) is 5.75 Å². The summed E-state index contributed by atoms with van der Waals surface area (Å²) in [6.45, 7) is 7.72. The predicted molar refractivity (Wildman–Crippen MR) is 106 cm³/mol. The number of urea groups is 1. The number of hydrogen-bond acceptors (Lipinski definition) is 5. The second-order valence-corrected chi connectivity index (χ2v) is 8.35. The van der Waals surface area contributed by atoms with Crippen LogP contribution in [0.25, 0.3) is 0 Å². The molecule has 3 rings (SSSR count). The zero-order valence-corrected chi connectivity index (χ0v) is 16.9. The van der Waals surface area contributed by atoms with Crippen molar-refractivity contribution in [3.05, 3.63) is 29.3 Å². The summed E-state index contributed by atoms with van der Waals surface area (Å²) in [5.74, 6) is -0.668. The van der Waals surface area contributed by atoms with Crippen molar-refractivity contribution in [2.24, 2.45) is 11.7 Å². The van der Waals surface area contributed by atoms with Gasteiger partial charge in [0.15, 0.2) is 0 Å². The monoisotopic (exact) mass is 389 g/mol. The number of carbonyl (C=O) groups excluding carboxylic acids is 2. The number of carbonyl (C=O) groups is 2. The molecular weight excluding hydrogens is 358 g/mol. The molecule has 154 valence electrons. The Morgan fingerprint density at radius 1 is 1.36 bits per heavy atom. The van der Waals surface area contributed by atoms with Gasteiger partial charge in [-0.2, -0.15) is 0 Å². The van der Waals surface area contributed by atoms with Crippen LogP contribution in [0, 0.1) is 12.8 Å². The fraction of sp³-hybridized carbons (Fsp3) is 0.619. The van der Waals surface area contributed by atoms with E-state index in [9.17, 15) is 19.8 Å². The zero-order valence-electron chi connectivity index (χ0n) is 16.9. The Bertz CT molecular complexity index is 783. The number of nitrogens with two attached hydrogens (primary N) is 1. The van der Waals surface area contributed by atoms with Gasteiger partial charge in [0.25, 0.3) is 0 Å². The van der Waals surface area contributed by atoms with Crippen LogP contribution >= 0.6 is 0 Å². The smallest absolute Gasteiger partial charge is 0.318 e. The molecule has 1 heterocycles. The Kier molecular flexibility index (Phi) is 5.42. The Morgan fingerprint density at radius 3 is 2.71 bits per heavy atom. The Labute approximate surface area is 165 Å². The van der Waals surface area contributed by atoms with E-state index in [0.29, 0.717) is 25.7 Å². The van der Waals surface area contributed by atoms with Crippen LogP contribution in [-0.2, 0) is 10.2 Å². The van der Waals surface area contributed by atoms with E-state index < -0.39 is 28.9 Å². The molecule has 5 N–H and O–H groups in total. The number of likely N-dealkylation sites (N-methyl/N-ethyl adjacent to an activating group) is 1. The number of fused-ring (bicyclic) bond motifs is 1. The quantitative estimate of drug-likeness (QED) is 0.629. The standard InChI is InChI=1S/C21H31N3O4/c1-4-24-10-9-20(17-11-16(25)6-5-13(17)2)12-15(18(26)23-19(22)27)7-8-21(20,28)14(24)3/h5-6,11,14-15,25,28H,4,7-10,12H2,1-3H3,(H3,22,23,26,27). The van der Waals surface area contributed by atoms with Crippen molar-refractivity contribution < 1.29 is 19.8 Å². The minimum absolute atomic E-state index is 0.0897. The summed E-state index contributed by atoms with van der Waals surface area (Å²) >= 11 is 0. The van der Waals surface area contributed by atoms with Gasteiger partial charge in [-0.25, -0.2) is 4.79 Å². The zero-order chi connectivity index (χ0) is 20.7. The van der Waals surface area contributed by atoms with Crippen LogP contribution < -0.4 is 11.1 Å². The maximum Gasteiger partial charge on any atom is 0.318 e. The number of phenolic OH excluding ortho intramolecular Hbond substituents is 1. The van der Waals surface area contributed by atoms with E-state index in [1.165, 1.54) is 0 Å². The van der Waals surface area contributed by atoms with Gasteiger partial charge in [0.1, 0.15) is 5.75 Å². The van der Waals surface area contributed by atoms with Crippen molar-refractivity contribution in [2.75, 3.05) is 13.1 Å². The molecule has 28 heavy (non-hydrogen) atoms. The molecule has 1 aromatic carbocycles. The number of aromatic hydroxyl groups is 1. The third-order valence-electron chi connectivity index (χ3n) is 7.12. The second-order valence-electron chi connectivity index (χ2n) is 8.35. The number of piperidine rings is 1. The highest BCUT2D eigenvalue weighted by molar-refractivity contribution is 5.94. The van der Waals surface area contributed by atoms with E-state index >= 15 is 0 Å². The molecule has 4 unspecified atom stereocenters. The van der Waals surface area contributed by atoms with Gasteiger partial charge in [0.2, 0.25) is 5.91 Å². The molecule has 0 spiro atoms. The van der Waals surface area contributed by atoms with Crippen LogP contribution in [0.2, 0.25) is 0 Å². The van der Waals surface area contributed by atoms with E-state index in [2.05, 4.69) is 17.1 Å². The lowest BCUT2D eigenvalue weighted by atomic mass is 9.51. The van der Waals surface area contributed by atoms with Gasteiger partial charge in [-0.15, -0.1) is 0 Å². The van der Waals surface area contributed by atoms with Gasteiger partial charge in [0, 0.05) is 17.4 Å². The van der Waals surface area contributed by atoms with Crippen molar-refractivity contribution in [3.63, 3.8) is 0 Å². The molecule has 7 nitrogen and oxygen atoms in total. The first-order valence-electron chi connectivity index (χ1n) is 10.0. The molecule has 2 fully saturated rings. The molecule has 2 aliphatic rings. The maximum absolute atomic E-state index is 12.6. The highest BCUT2D eigenvalue weighted by Crippen LogP contribution is 2.56. The van der Waals surface area contributed by atoms with E-state index in [0.717, 1.165) is 24.2 Å². The first-order valence-corrected chi connectivity index (χ1v) is 10.0. The van der Waals surface area contributed by atoms with Crippen LogP contribution in [0.4, 0.5) is 4.79 Å². The topological polar surface area (TPSA) is 116 Å². The number of aliphatic hydroxyl groups is 1. The number of likely N-dealkylation sites (tertiary alicyclic amines) is 1. The number of amides is 3. The van der Waals surface area contributed by atoms with Gasteiger partial charge in [-0.05, 0) is 75.9 Å². The molecule has 1 aromatic rings. The molecule has 0 radical (unpaired) electrons. The summed E-state index contributed by atoms with van der Waals surface area (Å²) in [5.41, 5.74) is 5.28. The Morgan fingerprint density at radius 2 is 2.07 bits per heavy atom. The summed E-state index contributed by atoms with van der Waals surface area (Å²) in [7, 11) is 0. The van der Waals surface area contributed by atoms with E-state index in [1.807, 2.05) is 19.9 Å². The lowest BCUT2D eigenvalue weighted by Gasteiger charge is -2.61. The summed E-state index contributed by atoms with van der Waals surface area (Å²) < 4.78 is 0. The summed E-state index contributed by atoms with van der Waals surface area (Å²) in [6, 6.07) is 4.27. The molecule has 0 aromatic heterocycles. The number of benzene rings is 1. The molecule has 1 saturated carbocycles. The molecule has 1 saturated heterocycles. The van der Waals surface area contributed by atoms with Crippen LogP contribution in [0.3, 0.4) is 0 Å². The molecule has 3 amide bonds. The number of nitrogens with zero attached hydrogens (tertiary/aromatic N) is 1. The molecule has 7 heteroatoms. The lowest BCUT2D eigenvalue weighted by molar-refractivity contribution is -0.166. The number of nitrogens with one attached hydrogen (secondary N) is 1. The number of phenols is 1. The summed E-state index contributed by atoms with van der Waals surface area (Å²) in [5, 5.41) is 24.4. The van der Waals surface area contributed by atoms with Gasteiger partial charge in [-0.3, -0.25) is 15.0 Å². The summed E-state index contributed by atoms with van der Waals surface area (Å²) in [6.07, 6.45) is 2.01. The number of aryl methyl sites for hydroxylation is 1. The fourth-order valence-corrected chi connectivity index (χ4v) is 5.57. The third kappa shape index (κ3) is 3.16. The van der Waals surface area contributed by atoms with Gasteiger partial charge >= 0.3 is 6.03 Å². The highest BCUT2D eigenvalue weighted by atomic mass is 16.3.